The van der Waals surface area contributed by atoms with Crippen LogP contribution in [0.25, 0.3) is 5.57 Å². The van der Waals surface area contributed by atoms with E-state index >= 15 is 0 Å². The minimum atomic E-state index is -0.832. The molecule has 1 atom stereocenters. The minimum Gasteiger partial charge on any atom is -0.463 e. The summed E-state index contributed by atoms with van der Waals surface area (Å²) in [5.41, 5.74) is 2.79. The van der Waals surface area contributed by atoms with Crippen molar-refractivity contribution in [3.8, 4) is 0 Å². The summed E-state index contributed by atoms with van der Waals surface area (Å²) in [7, 11) is 0. The normalized spacial score (nSPS) is 18.0. The highest BCUT2D eigenvalue weighted by Crippen LogP contribution is 2.36. The molecule has 0 saturated heterocycles. The maximum Gasteiger partial charge on any atom is 0.338 e. The Labute approximate surface area is 223 Å². The average Bonchev–Trinajstić information content (AvgIpc) is 3.34. The number of thiazole rings is 1. The third-order valence-corrected chi connectivity index (χ3v) is 7.98. The second kappa shape index (κ2) is 10.1. The monoisotopic (exact) mass is 535 g/mol. The van der Waals surface area contributed by atoms with Crippen LogP contribution in [0.15, 0.2) is 69.6 Å². The molecule has 0 spiro atoms. The number of anilines is 1. The molecule has 0 unspecified atom stereocenters. The highest BCUT2D eigenvalue weighted by Gasteiger charge is 2.37. The Morgan fingerprint density at radius 2 is 1.84 bits per heavy atom. The highest BCUT2D eigenvalue weighted by atomic mass is 35.5. The zero-order chi connectivity index (χ0) is 26.3. The molecule has 0 fully saturated rings. The lowest BCUT2D eigenvalue weighted by Gasteiger charge is -2.25. The predicted octanol–water partition coefficient (Wildman–Crippen LogP) is 3.97. The Hall–Kier alpha value is -3.49. The van der Waals surface area contributed by atoms with E-state index in [2.05, 4.69) is 11.9 Å². The molecule has 2 aliphatic rings. The van der Waals surface area contributed by atoms with E-state index < -0.39 is 17.6 Å². The molecular formula is C28H26ClN3O4S. The molecule has 1 aromatic heterocycles. The van der Waals surface area contributed by atoms with Crippen molar-refractivity contribution in [3.63, 3.8) is 0 Å². The fourth-order valence-corrected chi connectivity index (χ4v) is 6.25. The van der Waals surface area contributed by atoms with E-state index in [4.69, 9.17) is 16.3 Å². The summed E-state index contributed by atoms with van der Waals surface area (Å²) in [4.78, 5) is 47.6. The summed E-state index contributed by atoms with van der Waals surface area (Å²) in [5, 5.41) is 0.412. The lowest BCUT2D eigenvalue weighted by molar-refractivity contribution is -0.139. The van der Waals surface area contributed by atoms with Crippen LogP contribution in [0.1, 0.15) is 50.8 Å². The number of carbonyl (C=O) groups is 2. The molecule has 2 aromatic carbocycles. The van der Waals surface area contributed by atoms with Crippen molar-refractivity contribution < 1.29 is 14.3 Å². The summed E-state index contributed by atoms with van der Waals surface area (Å²) in [6.45, 7) is 6.27. The fourth-order valence-electron chi connectivity index (χ4n) is 4.87. The van der Waals surface area contributed by atoms with Crippen molar-refractivity contribution >= 4 is 46.1 Å². The summed E-state index contributed by atoms with van der Waals surface area (Å²) >= 11 is 7.74. The van der Waals surface area contributed by atoms with Crippen LogP contribution in [0.3, 0.4) is 0 Å². The van der Waals surface area contributed by atoms with Gasteiger partial charge >= 0.3 is 5.97 Å². The standard InChI is InChI=1S/C28H26ClN3O4S/c1-4-6-15-31-20-14-10-8-12-18(20)22(25(31)33)24-26(34)32-23(17-11-7-9-13-19(17)29)21(27(35)36-5-2)16(3)30-28(32)37-24/h7-14,23H,4-6,15H2,1-3H3/b24-22-/t23-/m1/s1. The van der Waals surface area contributed by atoms with Gasteiger partial charge in [-0.25, -0.2) is 9.79 Å². The van der Waals surface area contributed by atoms with Gasteiger partial charge < -0.3 is 9.64 Å². The Bertz CT molecular complexity index is 1640. The first kappa shape index (κ1) is 25.2. The largest absolute Gasteiger partial charge is 0.463 e. The molecule has 0 bridgehead atoms. The number of amides is 1. The number of halogens is 1. The van der Waals surface area contributed by atoms with Crippen LogP contribution < -0.4 is 19.8 Å². The van der Waals surface area contributed by atoms with E-state index in [0.717, 1.165) is 35.4 Å². The molecular weight excluding hydrogens is 510 g/mol. The van der Waals surface area contributed by atoms with Crippen LogP contribution >= 0.6 is 22.9 Å². The molecule has 0 aliphatic carbocycles. The molecule has 1 amide bonds. The zero-order valence-electron chi connectivity index (χ0n) is 20.8. The van der Waals surface area contributed by atoms with Gasteiger partial charge in [0, 0.05) is 17.1 Å². The first-order valence-electron chi connectivity index (χ1n) is 12.3. The third kappa shape index (κ3) is 4.14. The molecule has 3 heterocycles. The minimum absolute atomic E-state index is 0.179. The number of hydrogen-bond donors (Lipinski definition) is 0. The molecule has 0 N–H and O–H groups in total. The van der Waals surface area contributed by atoms with Gasteiger partial charge in [0.25, 0.3) is 11.5 Å². The van der Waals surface area contributed by atoms with Crippen molar-refractivity contribution in [2.24, 2.45) is 4.99 Å². The first-order chi connectivity index (χ1) is 17.9. The molecule has 0 radical (unpaired) electrons. The van der Waals surface area contributed by atoms with Gasteiger partial charge in [-0.05, 0) is 38.0 Å². The van der Waals surface area contributed by atoms with E-state index in [1.807, 2.05) is 24.3 Å². The van der Waals surface area contributed by atoms with Gasteiger partial charge in [-0.2, -0.15) is 0 Å². The third-order valence-electron chi connectivity index (χ3n) is 6.58. The Morgan fingerprint density at radius 3 is 2.57 bits per heavy atom. The van der Waals surface area contributed by atoms with Crippen molar-refractivity contribution in [1.29, 1.82) is 0 Å². The number of fused-ring (bicyclic) bond motifs is 2. The number of benzene rings is 2. The Morgan fingerprint density at radius 1 is 1.11 bits per heavy atom. The lowest BCUT2D eigenvalue weighted by atomic mass is 9.96. The number of carbonyl (C=O) groups excluding carboxylic acids is 2. The molecule has 5 rings (SSSR count). The van der Waals surface area contributed by atoms with Gasteiger partial charge in [0.15, 0.2) is 4.80 Å². The summed E-state index contributed by atoms with van der Waals surface area (Å²) in [5.74, 6) is -0.754. The molecule has 7 nitrogen and oxygen atoms in total. The average molecular weight is 536 g/mol. The molecule has 3 aromatic rings. The summed E-state index contributed by atoms with van der Waals surface area (Å²) in [6, 6.07) is 13.8. The number of para-hydroxylation sites is 1. The summed E-state index contributed by atoms with van der Waals surface area (Å²) in [6.07, 6.45) is 1.79. The van der Waals surface area contributed by atoms with Gasteiger partial charge in [-0.3, -0.25) is 14.2 Å². The number of hydrogen-bond acceptors (Lipinski definition) is 6. The Kier molecular flexibility index (Phi) is 6.88. The van der Waals surface area contributed by atoms with Crippen LogP contribution in [0, 0.1) is 0 Å². The molecule has 0 saturated carbocycles. The van der Waals surface area contributed by atoms with Crippen LogP contribution in [0.2, 0.25) is 5.02 Å². The van der Waals surface area contributed by atoms with Crippen LogP contribution in [-0.2, 0) is 14.3 Å². The van der Waals surface area contributed by atoms with E-state index in [0.29, 0.717) is 37.7 Å². The van der Waals surface area contributed by atoms with Crippen LogP contribution in [-0.4, -0.2) is 29.6 Å². The van der Waals surface area contributed by atoms with Crippen molar-refractivity contribution in [3.05, 3.63) is 95.6 Å². The van der Waals surface area contributed by atoms with Gasteiger partial charge in [-0.15, -0.1) is 0 Å². The molecule has 2 aliphatic heterocycles. The van der Waals surface area contributed by atoms with Crippen LogP contribution in [0.5, 0.6) is 0 Å². The maximum atomic E-state index is 14.1. The molecule has 190 valence electrons. The van der Waals surface area contributed by atoms with Crippen molar-refractivity contribution in [1.82, 2.24) is 4.57 Å². The van der Waals surface area contributed by atoms with E-state index in [1.165, 1.54) is 4.57 Å². The lowest BCUT2D eigenvalue weighted by Crippen LogP contribution is -2.41. The van der Waals surface area contributed by atoms with Gasteiger partial charge in [0.1, 0.15) is 10.6 Å². The second-order valence-electron chi connectivity index (χ2n) is 8.85. The van der Waals surface area contributed by atoms with Crippen LogP contribution in [0.4, 0.5) is 5.69 Å². The smallest absolute Gasteiger partial charge is 0.338 e. The van der Waals surface area contributed by atoms with Gasteiger partial charge in [0.05, 0.1) is 29.1 Å². The van der Waals surface area contributed by atoms with E-state index in [-0.39, 0.29) is 18.1 Å². The fraction of sp³-hybridized carbons (Fsp3) is 0.286. The molecule has 9 heteroatoms. The zero-order valence-corrected chi connectivity index (χ0v) is 22.4. The van der Waals surface area contributed by atoms with Gasteiger partial charge in [-0.1, -0.05) is 72.7 Å². The predicted molar refractivity (Wildman–Crippen MR) is 144 cm³/mol. The SMILES string of the molecule is CCCCN1C(=O)/C(=c2\sc3n(c2=O)[C@H](c2ccccc2Cl)C(C(=O)OCC)=C(C)N=3)c2ccccc21. The van der Waals surface area contributed by atoms with Gasteiger partial charge in [0.2, 0.25) is 0 Å². The number of allylic oxidation sites excluding steroid dienone is 1. The number of rotatable bonds is 6. The van der Waals surface area contributed by atoms with Crippen molar-refractivity contribution in [2.75, 3.05) is 18.1 Å². The number of nitrogens with zero attached hydrogens (tertiary/aromatic N) is 3. The number of unbranched alkanes of at least 4 members (excludes halogenated alkanes) is 1. The number of esters is 1. The maximum absolute atomic E-state index is 14.1. The topological polar surface area (TPSA) is 81.0 Å². The van der Waals surface area contributed by atoms with E-state index in [1.54, 1.807) is 43.0 Å². The number of ether oxygens (including phenoxy) is 1. The molecule has 37 heavy (non-hydrogen) atoms. The van der Waals surface area contributed by atoms with Crippen molar-refractivity contribution in [2.45, 2.75) is 39.7 Å². The Balaban J connectivity index is 1.80. The number of aromatic nitrogens is 1. The second-order valence-corrected chi connectivity index (χ2v) is 10.2. The quantitative estimate of drug-likeness (QED) is 0.447. The summed E-state index contributed by atoms with van der Waals surface area (Å²) < 4.78 is 7.11. The highest BCUT2D eigenvalue weighted by molar-refractivity contribution is 7.07. The first-order valence-corrected chi connectivity index (χ1v) is 13.5. The van der Waals surface area contributed by atoms with E-state index in [9.17, 15) is 14.4 Å².